The molecule has 1 atom stereocenters. The zero-order valence-corrected chi connectivity index (χ0v) is 19.5. The first-order valence-corrected chi connectivity index (χ1v) is 11.0. The molecule has 1 unspecified atom stereocenters. The van der Waals surface area contributed by atoms with Gasteiger partial charge < -0.3 is 19.7 Å². The first-order chi connectivity index (χ1) is 16.3. The van der Waals surface area contributed by atoms with Gasteiger partial charge in [0.15, 0.2) is 0 Å². The van der Waals surface area contributed by atoms with E-state index in [1.165, 1.54) is 35.1 Å². The van der Waals surface area contributed by atoms with Crippen LogP contribution >= 0.6 is 0 Å². The van der Waals surface area contributed by atoms with E-state index in [0.29, 0.717) is 24.6 Å². The van der Waals surface area contributed by atoms with Crippen LogP contribution in [0, 0.1) is 12.7 Å². The molecule has 0 saturated carbocycles. The quantitative estimate of drug-likeness (QED) is 0.462. The minimum Gasteiger partial charge on any atom is -0.493 e. The molecular weight excluding hydrogens is 439 g/mol. The lowest BCUT2D eigenvalue weighted by Crippen LogP contribution is -2.36. The van der Waals surface area contributed by atoms with Gasteiger partial charge in [0.2, 0.25) is 11.8 Å². The molecule has 8 nitrogen and oxygen atoms in total. The molecule has 2 amide bonds. The third-order valence-electron chi connectivity index (χ3n) is 5.14. The van der Waals surface area contributed by atoms with Crippen molar-refractivity contribution in [3.63, 3.8) is 0 Å². The van der Waals surface area contributed by atoms with Crippen LogP contribution in [0.1, 0.15) is 24.9 Å². The van der Waals surface area contributed by atoms with Crippen molar-refractivity contribution < 1.29 is 23.5 Å². The third-order valence-corrected chi connectivity index (χ3v) is 5.14. The zero-order valence-electron chi connectivity index (χ0n) is 19.5. The van der Waals surface area contributed by atoms with E-state index in [0.717, 1.165) is 11.3 Å². The first kappa shape index (κ1) is 24.8. The number of likely N-dealkylation sites (N-methyl/N-ethyl adjacent to an activating group) is 1. The van der Waals surface area contributed by atoms with Gasteiger partial charge >= 0.3 is 0 Å². The number of nitrogens with one attached hydrogen (secondary N) is 1. The number of aromatic nitrogens is 2. The molecule has 0 spiro atoms. The van der Waals surface area contributed by atoms with Crippen LogP contribution in [-0.2, 0) is 9.59 Å². The fraction of sp³-hybridized carbons (Fsp3) is 0.320. The number of carbonyl (C=O) groups excluding carboxylic acids is 2. The maximum Gasteiger partial charge on any atom is 0.247 e. The van der Waals surface area contributed by atoms with Gasteiger partial charge in [0, 0.05) is 13.2 Å². The second-order valence-corrected chi connectivity index (χ2v) is 7.91. The number of hydrogen-bond donors (Lipinski definition) is 1. The monoisotopic (exact) mass is 468 g/mol. The molecule has 180 valence electrons. The fourth-order valence-corrected chi connectivity index (χ4v) is 3.11. The zero-order chi connectivity index (χ0) is 24.5. The maximum absolute atomic E-state index is 12.9. The fourth-order valence-electron chi connectivity index (χ4n) is 3.11. The van der Waals surface area contributed by atoms with E-state index in [4.69, 9.17) is 9.47 Å². The van der Waals surface area contributed by atoms with Gasteiger partial charge in [-0.2, -0.15) is 5.10 Å². The lowest BCUT2D eigenvalue weighted by molar-refractivity contribution is -0.133. The largest absolute Gasteiger partial charge is 0.493 e. The van der Waals surface area contributed by atoms with Crippen LogP contribution in [0.2, 0.25) is 0 Å². The van der Waals surface area contributed by atoms with Crippen LogP contribution in [-0.4, -0.2) is 53.3 Å². The molecule has 0 radical (unpaired) electrons. The minimum absolute atomic E-state index is 0.112. The predicted octanol–water partition coefficient (Wildman–Crippen LogP) is 3.84. The van der Waals surface area contributed by atoms with Crippen LogP contribution in [0.15, 0.2) is 60.9 Å². The molecule has 9 heteroatoms. The average molecular weight is 469 g/mol. The van der Waals surface area contributed by atoms with E-state index in [2.05, 4.69) is 10.4 Å². The molecule has 2 aromatic carbocycles. The summed E-state index contributed by atoms with van der Waals surface area (Å²) < 4.78 is 25.5. The molecule has 0 fully saturated rings. The van der Waals surface area contributed by atoms with Crippen molar-refractivity contribution in [1.29, 1.82) is 0 Å². The van der Waals surface area contributed by atoms with Gasteiger partial charge in [-0.25, -0.2) is 4.39 Å². The van der Waals surface area contributed by atoms with Crippen LogP contribution in [0.25, 0.3) is 0 Å². The highest BCUT2D eigenvalue weighted by molar-refractivity contribution is 5.90. The standard InChI is InChI=1S/C25H29FN4O4/c1-18-4-8-22(9-5-18)34-15-13-29(3)25(32)19(2)30-17-21(16-27-30)28-24(31)12-14-33-23-10-6-20(26)7-11-23/h4-11,16-17,19H,12-15H2,1-3H3,(H,28,31). The molecule has 1 aromatic heterocycles. The molecule has 0 aliphatic rings. The van der Waals surface area contributed by atoms with Crippen molar-refractivity contribution in [2.75, 3.05) is 32.1 Å². The number of anilines is 1. The Morgan fingerprint density at radius 3 is 2.35 bits per heavy atom. The van der Waals surface area contributed by atoms with Gasteiger partial charge in [-0.15, -0.1) is 0 Å². The summed E-state index contributed by atoms with van der Waals surface area (Å²) in [6, 6.07) is 12.8. The highest BCUT2D eigenvalue weighted by Crippen LogP contribution is 2.15. The Bertz CT molecular complexity index is 1080. The summed E-state index contributed by atoms with van der Waals surface area (Å²) >= 11 is 0. The van der Waals surface area contributed by atoms with E-state index >= 15 is 0 Å². The summed E-state index contributed by atoms with van der Waals surface area (Å²) in [6.45, 7) is 4.70. The second-order valence-electron chi connectivity index (χ2n) is 7.91. The van der Waals surface area contributed by atoms with E-state index in [-0.39, 0.29) is 30.7 Å². The maximum atomic E-state index is 12.9. The average Bonchev–Trinajstić information content (AvgIpc) is 3.29. The van der Waals surface area contributed by atoms with E-state index in [1.807, 2.05) is 31.2 Å². The van der Waals surface area contributed by atoms with Crippen LogP contribution in [0.4, 0.5) is 10.1 Å². The molecule has 1 N–H and O–H groups in total. The van der Waals surface area contributed by atoms with Crippen molar-refractivity contribution in [2.45, 2.75) is 26.3 Å². The number of nitrogens with zero attached hydrogens (tertiary/aromatic N) is 3. The van der Waals surface area contributed by atoms with Gasteiger partial charge in [0.1, 0.15) is 30.0 Å². The lowest BCUT2D eigenvalue weighted by Gasteiger charge is -2.21. The minimum atomic E-state index is -0.545. The Labute approximate surface area is 198 Å². The second kappa shape index (κ2) is 11.8. The van der Waals surface area contributed by atoms with Crippen molar-refractivity contribution in [1.82, 2.24) is 14.7 Å². The summed E-state index contributed by atoms with van der Waals surface area (Å²) in [6.07, 6.45) is 3.21. The van der Waals surface area contributed by atoms with Crippen LogP contribution in [0.5, 0.6) is 11.5 Å². The van der Waals surface area contributed by atoms with Gasteiger partial charge in [-0.1, -0.05) is 17.7 Å². The Kier molecular flexibility index (Phi) is 8.61. The van der Waals surface area contributed by atoms with Gasteiger partial charge in [-0.3, -0.25) is 14.3 Å². The Balaban J connectivity index is 1.41. The molecular formula is C25H29FN4O4. The van der Waals surface area contributed by atoms with Gasteiger partial charge in [-0.05, 0) is 50.2 Å². The number of amides is 2. The summed E-state index contributed by atoms with van der Waals surface area (Å²) in [5.41, 5.74) is 1.64. The molecule has 3 rings (SSSR count). The topological polar surface area (TPSA) is 85.7 Å². The molecule has 0 bridgehead atoms. The highest BCUT2D eigenvalue weighted by atomic mass is 19.1. The smallest absolute Gasteiger partial charge is 0.247 e. The van der Waals surface area contributed by atoms with Crippen molar-refractivity contribution in [2.24, 2.45) is 0 Å². The van der Waals surface area contributed by atoms with Crippen molar-refractivity contribution in [3.8, 4) is 11.5 Å². The molecule has 0 aliphatic heterocycles. The Morgan fingerprint density at radius 1 is 1.06 bits per heavy atom. The number of hydrogen-bond acceptors (Lipinski definition) is 5. The van der Waals surface area contributed by atoms with Crippen molar-refractivity contribution in [3.05, 3.63) is 72.3 Å². The number of halogens is 1. The van der Waals surface area contributed by atoms with E-state index in [1.54, 1.807) is 25.1 Å². The summed E-state index contributed by atoms with van der Waals surface area (Å²) in [4.78, 5) is 26.5. The SMILES string of the molecule is Cc1ccc(OCCN(C)C(=O)C(C)n2cc(NC(=O)CCOc3ccc(F)cc3)cn2)cc1. The van der Waals surface area contributed by atoms with Gasteiger partial charge in [0.05, 0.1) is 31.5 Å². The number of ether oxygens (including phenoxy) is 2. The predicted molar refractivity (Wildman–Crippen MR) is 126 cm³/mol. The normalized spacial score (nSPS) is 11.5. The Morgan fingerprint density at radius 2 is 1.68 bits per heavy atom. The molecule has 3 aromatic rings. The Hall–Kier alpha value is -3.88. The third kappa shape index (κ3) is 7.33. The van der Waals surface area contributed by atoms with Crippen LogP contribution in [0.3, 0.4) is 0 Å². The number of benzene rings is 2. The van der Waals surface area contributed by atoms with E-state index < -0.39 is 6.04 Å². The lowest BCUT2D eigenvalue weighted by atomic mass is 10.2. The van der Waals surface area contributed by atoms with E-state index in [9.17, 15) is 14.0 Å². The number of rotatable bonds is 11. The van der Waals surface area contributed by atoms with Crippen LogP contribution < -0.4 is 14.8 Å². The number of carbonyl (C=O) groups is 2. The van der Waals surface area contributed by atoms with Gasteiger partial charge in [0.25, 0.3) is 0 Å². The molecule has 1 heterocycles. The summed E-state index contributed by atoms with van der Waals surface area (Å²) in [5.74, 6) is 0.515. The van der Waals surface area contributed by atoms with Crippen molar-refractivity contribution >= 4 is 17.5 Å². The number of aryl methyl sites for hydroxylation is 1. The molecule has 34 heavy (non-hydrogen) atoms. The highest BCUT2D eigenvalue weighted by Gasteiger charge is 2.20. The molecule has 0 aliphatic carbocycles. The summed E-state index contributed by atoms with van der Waals surface area (Å²) in [5, 5.41) is 6.93. The summed E-state index contributed by atoms with van der Waals surface area (Å²) in [7, 11) is 1.71. The molecule has 0 saturated heterocycles. The first-order valence-electron chi connectivity index (χ1n) is 11.0.